The molecule has 0 saturated heterocycles. The van der Waals surface area contributed by atoms with Crippen LogP contribution in [0, 0.1) is 0 Å². The van der Waals surface area contributed by atoms with E-state index in [0.29, 0.717) is 27.6 Å². The lowest BCUT2D eigenvalue weighted by Gasteiger charge is -1.93. The molecule has 0 saturated carbocycles. The van der Waals surface area contributed by atoms with Crippen molar-refractivity contribution in [2.45, 2.75) is 24.3 Å². The topological polar surface area (TPSA) is 80.5 Å². The SMILES string of the molecule is CCc1nc(SCc2nc(-c3cccc(Cl)c3)no2)n[nH]1. The largest absolute Gasteiger partial charge is 0.338 e. The third kappa shape index (κ3) is 3.43. The van der Waals surface area contributed by atoms with Crippen LogP contribution in [-0.4, -0.2) is 25.3 Å². The maximum absolute atomic E-state index is 5.95. The van der Waals surface area contributed by atoms with E-state index in [-0.39, 0.29) is 0 Å². The third-order valence-corrected chi connectivity index (χ3v) is 3.79. The van der Waals surface area contributed by atoms with Crippen LogP contribution in [0.5, 0.6) is 0 Å². The first-order valence-electron chi connectivity index (χ1n) is 6.37. The van der Waals surface area contributed by atoms with E-state index in [1.165, 1.54) is 11.8 Å². The number of H-pyrrole nitrogens is 1. The highest BCUT2D eigenvalue weighted by Crippen LogP contribution is 2.22. The number of aromatic amines is 1. The van der Waals surface area contributed by atoms with Gasteiger partial charge in [0.1, 0.15) is 5.82 Å². The number of nitrogens with zero attached hydrogens (tertiary/aromatic N) is 4. The van der Waals surface area contributed by atoms with Crippen molar-refractivity contribution in [3.8, 4) is 11.4 Å². The molecule has 0 unspecified atom stereocenters. The summed E-state index contributed by atoms with van der Waals surface area (Å²) in [6.07, 6.45) is 0.826. The number of rotatable bonds is 5. The van der Waals surface area contributed by atoms with Crippen LogP contribution in [0.4, 0.5) is 0 Å². The Morgan fingerprint density at radius 1 is 1.33 bits per heavy atom. The van der Waals surface area contributed by atoms with Gasteiger partial charge in [0.05, 0.1) is 5.75 Å². The number of hydrogen-bond acceptors (Lipinski definition) is 6. The molecule has 0 atom stereocenters. The van der Waals surface area contributed by atoms with Crippen LogP contribution in [0.2, 0.25) is 5.02 Å². The summed E-state index contributed by atoms with van der Waals surface area (Å²) in [5.41, 5.74) is 0.827. The third-order valence-electron chi connectivity index (χ3n) is 2.72. The molecule has 2 aromatic heterocycles. The normalized spacial score (nSPS) is 11.0. The minimum absolute atomic E-state index is 0.522. The van der Waals surface area contributed by atoms with Gasteiger partial charge in [-0.1, -0.05) is 47.6 Å². The summed E-state index contributed by atoms with van der Waals surface area (Å²) in [7, 11) is 0. The van der Waals surface area contributed by atoms with E-state index < -0.39 is 0 Å². The van der Waals surface area contributed by atoms with Crippen molar-refractivity contribution < 1.29 is 4.52 Å². The zero-order valence-electron chi connectivity index (χ0n) is 11.2. The van der Waals surface area contributed by atoms with Crippen LogP contribution in [0.15, 0.2) is 33.9 Å². The van der Waals surface area contributed by atoms with E-state index in [2.05, 4.69) is 25.3 Å². The first-order chi connectivity index (χ1) is 10.2. The lowest BCUT2D eigenvalue weighted by molar-refractivity contribution is 0.391. The Bertz CT molecular complexity index is 742. The molecule has 3 aromatic rings. The molecule has 0 aliphatic heterocycles. The first kappa shape index (κ1) is 14.1. The smallest absolute Gasteiger partial charge is 0.237 e. The molecule has 21 heavy (non-hydrogen) atoms. The Balaban J connectivity index is 1.67. The second-order valence-electron chi connectivity index (χ2n) is 4.23. The molecule has 0 spiro atoms. The average molecular weight is 322 g/mol. The number of aryl methyl sites for hydroxylation is 1. The molecule has 0 amide bonds. The molecule has 0 radical (unpaired) electrons. The van der Waals surface area contributed by atoms with Crippen molar-refractivity contribution >= 4 is 23.4 Å². The van der Waals surface area contributed by atoms with Gasteiger partial charge in [0.2, 0.25) is 16.9 Å². The molecule has 108 valence electrons. The van der Waals surface area contributed by atoms with Gasteiger partial charge in [-0.05, 0) is 12.1 Å². The summed E-state index contributed by atoms with van der Waals surface area (Å²) < 4.78 is 5.22. The Hall–Kier alpha value is -1.86. The fourth-order valence-electron chi connectivity index (χ4n) is 1.69. The van der Waals surface area contributed by atoms with E-state index >= 15 is 0 Å². The number of hydrogen-bond donors (Lipinski definition) is 1. The van der Waals surface area contributed by atoms with Crippen molar-refractivity contribution in [1.82, 2.24) is 25.3 Å². The van der Waals surface area contributed by atoms with Gasteiger partial charge in [-0.15, -0.1) is 5.10 Å². The van der Waals surface area contributed by atoms with Gasteiger partial charge >= 0.3 is 0 Å². The molecule has 0 aliphatic carbocycles. The van der Waals surface area contributed by atoms with Crippen LogP contribution in [0.1, 0.15) is 18.6 Å². The van der Waals surface area contributed by atoms with Crippen molar-refractivity contribution in [2.75, 3.05) is 0 Å². The summed E-state index contributed by atoms with van der Waals surface area (Å²) in [6, 6.07) is 7.33. The molecule has 1 aromatic carbocycles. The molecule has 1 N–H and O–H groups in total. The maximum Gasteiger partial charge on any atom is 0.237 e. The van der Waals surface area contributed by atoms with Crippen LogP contribution in [0.3, 0.4) is 0 Å². The van der Waals surface area contributed by atoms with Gasteiger partial charge in [-0.25, -0.2) is 4.98 Å². The molecular formula is C13H12ClN5OS. The molecule has 6 nitrogen and oxygen atoms in total. The number of halogens is 1. The molecule has 8 heteroatoms. The standard InChI is InChI=1S/C13H12ClN5OS/c1-2-10-15-13(18-17-10)21-7-11-16-12(19-20-11)8-4-3-5-9(14)6-8/h3-6H,2,7H2,1H3,(H,15,17,18). The summed E-state index contributed by atoms with van der Waals surface area (Å²) in [6.45, 7) is 2.02. The van der Waals surface area contributed by atoms with Gasteiger partial charge in [0.15, 0.2) is 0 Å². The monoisotopic (exact) mass is 321 g/mol. The number of aromatic nitrogens is 5. The highest BCUT2D eigenvalue weighted by molar-refractivity contribution is 7.98. The molecule has 2 heterocycles. The predicted octanol–water partition coefficient (Wildman–Crippen LogP) is 3.36. The van der Waals surface area contributed by atoms with E-state index in [9.17, 15) is 0 Å². The highest BCUT2D eigenvalue weighted by Gasteiger charge is 2.11. The second kappa shape index (κ2) is 6.28. The van der Waals surface area contributed by atoms with E-state index in [0.717, 1.165) is 17.8 Å². The van der Waals surface area contributed by atoms with Crippen molar-refractivity contribution in [3.05, 3.63) is 41.0 Å². The number of benzene rings is 1. The summed E-state index contributed by atoms with van der Waals surface area (Å²) in [4.78, 5) is 8.65. The Morgan fingerprint density at radius 2 is 2.24 bits per heavy atom. The van der Waals surface area contributed by atoms with Gasteiger partial charge < -0.3 is 4.52 Å². The molecule has 0 aliphatic rings. The van der Waals surface area contributed by atoms with Crippen LogP contribution >= 0.6 is 23.4 Å². The van der Waals surface area contributed by atoms with Gasteiger partial charge in [-0.2, -0.15) is 4.98 Å². The fraction of sp³-hybridized carbons (Fsp3) is 0.231. The zero-order chi connectivity index (χ0) is 14.7. The number of nitrogens with one attached hydrogen (secondary N) is 1. The quantitative estimate of drug-likeness (QED) is 0.726. The second-order valence-corrected chi connectivity index (χ2v) is 5.61. The van der Waals surface area contributed by atoms with Gasteiger partial charge in [0, 0.05) is 17.0 Å². The minimum atomic E-state index is 0.522. The molecular weight excluding hydrogens is 310 g/mol. The van der Waals surface area contributed by atoms with Crippen molar-refractivity contribution in [1.29, 1.82) is 0 Å². The van der Waals surface area contributed by atoms with E-state index in [1.54, 1.807) is 12.1 Å². The fourth-order valence-corrected chi connectivity index (χ4v) is 2.53. The molecule has 0 bridgehead atoms. The van der Waals surface area contributed by atoms with E-state index in [4.69, 9.17) is 16.1 Å². The Kier molecular flexibility index (Phi) is 4.21. The van der Waals surface area contributed by atoms with Crippen LogP contribution in [0.25, 0.3) is 11.4 Å². The summed E-state index contributed by atoms with van der Waals surface area (Å²) in [5, 5.41) is 12.2. The molecule has 0 fully saturated rings. The summed E-state index contributed by atoms with van der Waals surface area (Å²) >= 11 is 7.39. The van der Waals surface area contributed by atoms with Crippen LogP contribution in [-0.2, 0) is 12.2 Å². The lowest BCUT2D eigenvalue weighted by atomic mass is 10.2. The van der Waals surface area contributed by atoms with Crippen molar-refractivity contribution in [3.63, 3.8) is 0 Å². The Morgan fingerprint density at radius 3 is 3.00 bits per heavy atom. The first-order valence-corrected chi connectivity index (χ1v) is 7.73. The van der Waals surface area contributed by atoms with Gasteiger partial charge in [-0.3, -0.25) is 5.10 Å². The average Bonchev–Trinajstić information content (AvgIpc) is 3.14. The van der Waals surface area contributed by atoms with Crippen LogP contribution < -0.4 is 0 Å². The number of thioether (sulfide) groups is 1. The van der Waals surface area contributed by atoms with Crippen molar-refractivity contribution in [2.24, 2.45) is 0 Å². The maximum atomic E-state index is 5.95. The van der Waals surface area contributed by atoms with E-state index in [1.807, 2.05) is 19.1 Å². The minimum Gasteiger partial charge on any atom is -0.338 e. The highest BCUT2D eigenvalue weighted by atomic mass is 35.5. The lowest BCUT2D eigenvalue weighted by Crippen LogP contribution is -1.84. The molecule has 3 rings (SSSR count). The van der Waals surface area contributed by atoms with Gasteiger partial charge in [0.25, 0.3) is 0 Å². The Labute approximate surface area is 130 Å². The predicted molar refractivity (Wildman–Crippen MR) is 80.1 cm³/mol. The summed E-state index contributed by atoms with van der Waals surface area (Å²) in [5.74, 6) is 2.44. The zero-order valence-corrected chi connectivity index (χ0v) is 12.8.